The maximum absolute atomic E-state index is 12.8. The van der Waals surface area contributed by atoms with Crippen molar-refractivity contribution in [2.45, 2.75) is 0 Å². The van der Waals surface area contributed by atoms with Gasteiger partial charge in [-0.15, -0.1) is 0 Å². The van der Waals surface area contributed by atoms with Crippen LogP contribution in [0.25, 0.3) is 22.0 Å². The zero-order valence-corrected chi connectivity index (χ0v) is 19.7. The van der Waals surface area contributed by atoms with Gasteiger partial charge in [-0.05, 0) is 54.0 Å². The first kappa shape index (κ1) is 22.5. The highest BCUT2D eigenvalue weighted by Crippen LogP contribution is 2.34. The smallest absolute Gasteiger partial charge is 0.167 e. The quantitative estimate of drug-likeness (QED) is 0.297. The molecular formula is C25H21ClN5O2S-. The highest BCUT2D eigenvalue weighted by atomic mass is 35.5. The number of halogens is 1. The molecule has 0 bridgehead atoms. The molecule has 1 aliphatic rings. The molecule has 1 aliphatic heterocycles. The third-order valence-electron chi connectivity index (χ3n) is 5.63. The standard InChI is InChI=1S/C25H21ClN5O2S/c26-22-7-5-18(15-21(22)24-20-4-2-1-3-17(20)9-10-27-24)29-25(34)31(32)19-6-8-23(28-16-19)30-11-13-33-14-12-30/h1-10,15-16H,11-14H2,(H,29,34)/q-1. The second-order valence-corrected chi connectivity index (χ2v) is 8.57. The molecule has 34 heavy (non-hydrogen) atoms. The van der Waals surface area contributed by atoms with Crippen molar-refractivity contribution in [2.75, 3.05) is 41.6 Å². The molecule has 0 unspecified atom stereocenters. The van der Waals surface area contributed by atoms with Crippen molar-refractivity contribution < 1.29 is 4.74 Å². The number of aromatic nitrogens is 2. The minimum absolute atomic E-state index is 0.0000684. The molecule has 1 fully saturated rings. The Hall–Kier alpha value is -3.30. The Kier molecular flexibility index (Phi) is 6.55. The molecule has 5 rings (SSSR count). The Balaban J connectivity index is 1.35. The summed E-state index contributed by atoms with van der Waals surface area (Å²) < 4.78 is 5.37. The third-order valence-corrected chi connectivity index (χ3v) is 6.23. The molecule has 0 amide bonds. The molecule has 172 valence electrons. The van der Waals surface area contributed by atoms with Gasteiger partial charge < -0.3 is 25.2 Å². The highest BCUT2D eigenvalue weighted by molar-refractivity contribution is 7.80. The SMILES string of the molecule is [O-]N(C(=S)Nc1ccc(Cl)c(-c2nccc3ccccc23)c1)c1ccc(N2CCOCC2)nc1. The van der Waals surface area contributed by atoms with Crippen molar-refractivity contribution in [2.24, 2.45) is 0 Å². The topological polar surface area (TPSA) is 76.6 Å². The Morgan fingerprint density at radius 3 is 2.68 bits per heavy atom. The second-order valence-electron chi connectivity index (χ2n) is 7.77. The van der Waals surface area contributed by atoms with Crippen molar-refractivity contribution in [1.29, 1.82) is 0 Å². The number of hydrogen-bond acceptors (Lipinski definition) is 6. The summed E-state index contributed by atoms with van der Waals surface area (Å²) in [6, 6.07) is 18.9. The van der Waals surface area contributed by atoms with E-state index in [1.54, 1.807) is 24.4 Å². The molecule has 1 N–H and O–H groups in total. The molecule has 1 saturated heterocycles. The number of rotatable bonds is 4. The zero-order chi connectivity index (χ0) is 23.5. The maximum atomic E-state index is 12.8. The summed E-state index contributed by atoms with van der Waals surface area (Å²) in [6.45, 7) is 2.89. The summed E-state index contributed by atoms with van der Waals surface area (Å²) in [7, 11) is 0. The Bertz CT molecular complexity index is 1320. The van der Waals surface area contributed by atoms with Gasteiger partial charge in [0.15, 0.2) is 5.11 Å². The van der Waals surface area contributed by atoms with Gasteiger partial charge in [-0.25, -0.2) is 4.98 Å². The minimum Gasteiger partial charge on any atom is -0.752 e. The van der Waals surface area contributed by atoms with Gasteiger partial charge in [0.1, 0.15) is 5.82 Å². The van der Waals surface area contributed by atoms with Crippen LogP contribution in [0.4, 0.5) is 17.2 Å². The molecule has 4 aromatic rings. The molecule has 0 saturated carbocycles. The molecule has 0 atom stereocenters. The van der Waals surface area contributed by atoms with Crippen LogP contribution in [0.3, 0.4) is 0 Å². The number of pyridine rings is 2. The van der Waals surface area contributed by atoms with Crippen LogP contribution >= 0.6 is 23.8 Å². The number of anilines is 3. The third kappa shape index (κ3) is 4.67. The number of morpholine rings is 1. The summed E-state index contributed by atoms with van der Waals surface area (Å²) in [5.74, 6) is 0.809. The van der Waals surface area contributed by atoms with Gasteiger partial charge >= 0.3 is 0 Å². The largest absolute Gasteiger partial charge is 0.752 e. The van der Waals surface area contributed by atoms with E-state index in [1.165, 1.54) is 6.20 Å². The Morgan fingerprint density at radius 1 is 1.06 bits per heavy atom. The number of nitrogens with one attached hydrogen (secondary N) is 1. The number of hydrogen-bond donors (Lipinski definition) is 1. The molecule has 9 heteroatoms. The van der Waals surface area contributed by atoms with Gasteiger partial charge in [-0.1, -0.05) is 35.9 Å². The molecule has 2 aromatic heterocycles. The Labute approximate surface area is 207 Å². The number of fused-ring (bicyclic) bond motifs is 1. The number of ether oxygens (including phenoxy) is 1. The van der Waals surface area contributed by atoms with E-state index in [0.717, 1.165) is 40.9 Å². The van der Waals surface area contributed by atoms with Gasteiger partial charge in [-0.3, -0.25) is 4.98 Å². The fourth-order valence-electron chi connectivity index (χ4n) is 3.89. The van der Waals surface area contributed by atoms with Crippen LogP contribution in [-0.4, -0.2) is 41.4 Å². The van der Waals surface area contributed by atoms with Gasteiger partial charge in [0.25, 0.3) is 0 Å². The summed E-state index contributed by atoms with van der Waals surface area (Å²) in [5, 5.41) is 19.1. The van der Waals surface area contributed by atoms with Crippen LogP contribution in [0.5, 0.6) is 0 Å². The van der Waals surface area contributed by atoms with Crippen molar-refractivity contribution in [3.63, 3.8) is 0 Å². The number of hydroxylamine groups is 1. The van der Waals surface area contributed by atoms with E-state index in [-0.39, 0.29) is 5.11 Å². The van der Waals surface area contributed by atoms with Crippen LogP contribution < -0.4 is 15.3 Å². The minimum atomic E-state index is 0.0000684. The molecule has 2 aromatic carbocycles. The number of benzene rings is 2. The summed E-state index contributed by atoms with van der Waals surface area (Å²) in [5.41, 5.74) is 2.50. The molecule has 0 radical (unpaired) electrons. The summed E-state index contributed by atoms with van der Waals surface area (Å²) >= 11 is 11.9. The van der Waals surface area contributed by atoms with E-state index in [4.69, 9.17) is 28.6 Å². The van der Waals surface area contributed by atoms with Crippen molar-refractivity contribution in [3.8, 4) is 11.3 Å². The van der Waals surface area contributed by atoms with Crippen LogP contribution in [0.2, 0.25) is 5.02 Å². The first-order chi connectivity index (χ1) is 16.6. The average molecular weight is 491 g/mol. The fourth-order valence-corrected chi connectivity index (χ4v) is 4.32. The summed E-state index contributed by atoms with van der Waals surface area (Å²) in [4.78, 5) is 11.1. The molecule has 0 spiro atoms. The normalized spacial score (nSPS) is 13.6. The van der Waals surface area contributed by atoms with E-state index < -0.39 is 0 Å². The van der Waals surface area contributed by atoms with Gasteiger partial charge in [0.05, 0.1) is 35.8 Å². The van der Waals surface area contributed by atoms with Crippen LogP contribution in [0, 0.1) is 5.21 Å². The van der Waals surface area contributed by atoms with E-state index in [1.807, 2.05) is 42.5 Å². The number of nitrogens with zero attached hydrogens (tertiary/aromatic N) is 4. The lowest BCUT2D eigenvalue weighted by molar-refractivity contribution is 0.122. The van der Waals surface area contributed by atoms with Crippen molar-refractivity contribution >= 4 is 56.9 Å². The second kappa shape index (κ2) is 9.90. The summed E-state index contributed by atoms with van der Waals surface area (Å²) in [6.07, 6.45) is 3.28. The molecule has 0 aliphatic carbocycles. The van der Waals surface area contributed by atoms with Crippen LogP contribution in [-0.2, 0) is 4.74 Å². The first-order valence-corrected chi connectivity index (χ1v) is 11.6. The van der Waals surface area contributed by atoms with Crippen molar-refractivity contribution in [1.82, 2.24) is 9.97 Å². The lowest BCUT2D eigenvalue weighted by Crippen LogP contribution is -2.36. The van der Waals surface area contributed by atoms with Crippen LogP contribution in [0.15, 0.2) is 73.1 Å². The van der Waals surface area contributed by atoms with Gasteiger partial charge in [-0.2, -0.15) is 0 Å². The van der Waals surface area contributed by atoms with E-state index in [9.17, 15) is 5.21 Å². The Morgan fingerprint density at radius 2 is 1.88 bits per heavy atom. The van der Waals surface area contributed by atoms with E-state index >= 15 is 0 Å². The monoisotopic (exact) mass is 490 g/mol. The van der Waals surface area contributed by atoms with Gasteiger partial charge in [0, 0.05) is 35.9 Å². The highest BCUT2D eigenvalue weighted by Gasteiger charge is 2.14. The lowest BCUT2D eigenvalue weighted by Gasteiger charge is -2.32. The first-order valence-electron chi connectivity index (χ1n) is 10.8. The molecular weight excluding hydrogens is 470 g/mol. The van der Waals surface area contributed by atoms with E-state index in [2.05, 4.69) is 20.2 Å². The molecule has 7 nitrogen and oxygen atoms in total. The lowest BCUT2D eigenvalue weighted by atomic mass is 10.0. The predicted molar refractivity (Wildman–Crippen MR) is 142 cm³/mol. The zero-order valence-electron chi connectivity index (χ0n) is 18.1. The molecule has 3 heterocycles. The van der Waals surface area contributed by atoms with Gasteiger partial charge in [0.2, 0.25) is 0 Å². The maximum Gasteiger partial charge on any atom is 0.167 e. The average Bonchev–Trinajstić information content (AvgIpc) is 2.89. The number of thiocarbonyl (C=S) groups is 1. The van der Waals surface area contributed by atoms with E-state index in [0.29, 0.717) is 34.7 Å². The fraction of sp³-hybridized carbons (Fsp3) is 0.160. The predicted octanol–water partition coefficient (Wildman–Crippen LogP) is 5.49. The van der Waals surface area contributed by atoms with Crippen LogP contribution in [0.1, 0.15) is 0 Å². The van der Waals surface area contributed by atoms with Crippen molar-refractivity contribution in [3.05, 3.63) is 83.3 Å².